The Morgan fingerprint density at radius 2 is 1.95 bits per heavy atom. The van der Waals surface area contributed by atoms with Crippen molar-refractivity contribution in [2.45, 2.75) is 19.5 Å². The second kappa shape index (κ2) is 7.76. The third kappa shape index (κ3) is 4.55. The van der Waals surface area contributed by atoms with Crippen molar-refractivity contribution in [1.82, 2.24) is 9.88 Å². The molecule has 0 fully saturated rings. The van der Waals surface area contributed by atoms with Gasteiger partial charge in [0, 0.05) is 30.9 Å². The average molecular weight is 285 g/mol. The zero-order valence-electron chi connectivity index (χ0n) is 12.7. The molecule has 1 heterocycles. The van der Waals surface area contributed by atoms with E-state index in [9.17, 15) is 0 Å². The van der Waals surface area contributed by atoms with E-state index in [1.807, 2.05) is 55.6 Å². The van der Waals surface area contributed by atoms with Gasteiger partial charge in [-0.3, -0.25) is 9.88 Å². The van der Waals surface area contributed by atoms with Gasteiger partial charge < -0.3 is 10.5 Å². The minimum atomic E-state index is -0.0820. The molecule has 0 aliphatic heterocycles. The highest BCUT2D eigenvalue weighted by Gasteiger charge is 2.14. The van der Waals surface area contributed by atoms with Crippen LogP contribution in [0.5, 0.6) is 5.75 Å². The summed E-state index contributed by atoms with van der Waals surface area (Å²) in [5, 5.41) is 0. The molecule has 1 unspecified atom stereocenters. The predicted octanol–water partition coefficient (Wildman–Crippen LogP) is 2.61. The SMILES string of the molecule is CCOc1ccccc1C(N)CN(C)Cc1ccccn1. The number of aromatic nitrogens is 1. The van der Waals surface area contributed by atoms with E-state index in [2.05, 4.69) is 16.9 Å². The number of para-hydroxylation sites is 1. The predicted molar refractivity (Wildman–Crippen MR) is 85.1 cm³/mol. The van der Waals surface area contributed by atoms with Crippen molar-refractivity contribution < 1.29 is 4.74 Å². The second-order valence-corrected chi connectivity index (χ2v) is 5.10. The lowest BCUT2D eigenvalue weighted by Crippen LogP contribution is -2.29. The molecule has 0 amide bonds. The van der Waals surface area contributed by atoms with E-state index in [4.69, 9.17) is 10.5 Å². The van der Waals surface area contributed by atoms with Crippen molar-refractivity contribution in [2.24, 2.45) is 5.73 Å². The van der Waals surface area contributed by atoms with Gasteiger partial charge in [-0.05, 0) is 32.2 Å². The number of ether oxygens (including phenoxy) is 1. The van der Waals surface area contributed by atoms with Crippen LogP contribution in [0.4, 0.5) is 0 Å². The monoisotopic (exact) mass is 285 g/mol. The standard InChI is InChI=1S/C17H23N3O/c1-3-21-17-10-5-4-9-15(17)16(18)13-20(2)12-14-8-6-7-11-19-14/h4-11,16H,3,12-13,18H2,1-2H3. The van der Waals surface area contributed by atoms with Crippen molar-refractivity contribution in [2.75, 3.05) is 20.2 Å². The second-order valence-electron chi connectivity index (χ2n) is 5.10. The van der Waals surface area contributed by atoms with Gasteiger partial charge in [0.2, 0.25) is 0 Å². The van der Waals surface area contributed by atoms with Crippen molar-refractivity contribution in [1.29, 1.82) is 0 Å². The summed E-state index contributed by atoms with van der Waals surface area (Å²) in [4.78, 5) is 6.51. The average Bonchev–Trinajstić information content (AvgIpc) is 2.49. The summed E-state index contributed by atoms with van der Waals surface area (Å²) in [6.45, 7) is 4.16. The Morgan fingerprint density at radius 3 is 2.67 bits per heavy atom. The van der Waals surface area contributed by atoms with E-state index in [0.717, 1.165) is 30.1 Å². The van der Waals surface area contributed by atoms with Gasteiger partial charge in [-0.15, -0.1) is 0 Å². The summed E-state index contributed by atoms with van der Waals surface area (Å²) in [7, 11) is 2.05. The zero-order valence-corrected chi connectivity index (χ0v) is 12.7. The molecule has 1 atom stereocenters. The highest BCUT2D eigenvalue weighted by Crippen LogP contribution is 2.24. The van der Waals surface area contributed by atoms with Gasteiger partial charge in [0.1, 0.15) is 5.75 Å². The molecule has 0 spiro atoms. The molecule has 4 heteroatoms. The Bertz CT molecular complexity index is 545. The van der Waals surface area contributed by atoms with Gasteiger partial charge in [0.05, 0.1) is 12.3 Å². The summed E-state index contributed by atoms with van der Waals surface area (Å²) < 4.78 is 5.65. The van der Waals surface area contributed by atoms with E-state index in [-0.39, 0.29) is 6.04 Å². The molecule has 21 heavy (non-hydrogen) atoms. The van der Waals surface area contributed by atoms with Crippen LogP contribution in [0, 0.1) is 0 Å². The molecule has 112 valence electrons. The Hall–Kier alpha value is -1.91. The number of hydrogen-bond acceptors (Lipinski definition) is 4. The van der Waals surface area contributed by atoms with E-state index in [1.54, 1.807) is 0 Å². The highest BCUT2D eigenvalue weighted by molar-refractivity contribution is 5.36. The number of rotatable bonds is 7. The van der Waals surface area contributed by atoms with Crippen LogP contribution >= 0.6 is 0 Å². The van der Waals surface area contributed by atoms with Crippen LogP contribution in [0.15, 0.2) is 48.7 Å². The molecule has 2 N–H and O–H groups in total. The van der Waals surface area contributed by atoms with Crippen molar-refractivity contribution in [3.05, 3.63) is 59.9 Å². The van der Waals surface area contributed by atoms with Crippen LogP contribution in [0.2, 0.25) is 0 Å². The Labute approximate surface area is 126 Å². The molecule has 2 rings (SSSR count). The van der Waals surface area contributed by atoms with Gasteiger partial charge in [-0.1, -0.05) is 24.3 Å². The molecule has 4 nitrogen and oxygen atoms in total. The molecular weight excluding hydrogens is 262 g/mol. The van der Waals surface area contributed by atoms with Crippen LogP contribution in [0.25, 0.3) is 0 Å². The summed E-state index contributed by atoms with van der Waals surface area (Å²) in [6, 6.07) is 13.8. The summed E-state index contributed by atoms with van der Waals surface area (Å²) in [5.74, 6) is 0.874. The topological polar surface area (TPSA) is 51.4 Å². The Kier molecular flexibility index (Phi) is 5.72. The maximum absolute atomic E-state index is 6.34. The Balaban J connectivity index is 1.99. The maximum atomic E-state index is 6.34. The van der Waals surface area contributed by atoms with E-state index in [1.165, 1.54) is 0 Å². The summed E-state index contributed by atoms with van der Waals surface area (Å²) in [6.07, 6.45) is 1.81. The van der Waals surface area contributed by atoms with E-state index >= 15 is 0 Å². The fourth-order valence-corrected chi connectivity index (χ4v) is 2.34. The number of nitrogens with zero attached hydrogens (tertiary/aromatic N) is 2. The van der Waals surface area contributed by atoms with Crippen LogP contribution in [0.3, 0.4) is 0 Å². The van der Waals surface area contributed by atoms with Crippen molar-refractivity contribution in [3.8, 4) is 5.75 Å². The van der Waals surface area contributed by atoms with Gasteiger partial charge in [-0.2, -0.15) is 0 Å². The first-order valence-corrected chi connectivity index (χ1v) is 7.26. The van der Waals surface area contributed by atoms with Crippen LogP contribution in [0.1, 0.15) is 24.2 Å². The summed E-state index contributed by atoms with van der Waals surface area (Å²) >= 11 is 0. The van der Waals surface area contributed by atoms with Crippen LogP contribution in [-0.2, 0) is 6.54 Å². The van der Waals surface area contributed by atoms with Gasteiger partial charge in [-0.25, -0.2) is 0 Å². The van der Waals surface area contributed by atoms with Gasteiger partial charge in [0.15, 0.2) is 0 Å². The molecule has 0 aliphatic carbocycles. The number of nitrogens with two attached hydrogens (primary N) is 1. The normalized spacial score (nSPS) is 12.4. The molecule has 1 aromatic carbocycles. The quantitative estimate of drug-likeness (QED) is 0.849. The lowest BCUT2D eigenvalue weighted by Gasteiger charge is -2.22. The van der Waals surface area contributed by atoms with Crippen LogP contribution < -0.4 is 10.5 Å². The first kappa shape index (κ1) is 15.5. The third-order valence-electron chi connectivity index (χ3n) is 3.28. The van der Waals surface area contributed by atoms with E-state index < -0.39 is 0 Å². The van der Waals surface area contributed by atoms with Crippen molar-refractivity contribution in [3.63, 3.8) is 0 Å². The molecule has 2 aromatic rings. The lowest BCUT2D eigenvalue weighted by molar-refractivity contribution is 0.292. The van der Waals surface area contributed by atoms with Crippen LogP contribution in [-0.4, -0.2) is 30.1 Å². The van der Waals surface area contributed by atoms with Gasteiger partial charge in [0.25, 0.3) is 0 Å². The third-order valence-corrected chi connectivity index (χ3v) is 3.28. The minimum absolute atomic E-state index is 0.0820. The molecular formula is C17H23N3O. The number of likely N-dealkylation sites (N-methyl/N-ethyl adjacent to an activating group) is 1. The maximum Gasteiger partial charge on any atom is 0.124 e. The molecule has 0 saturated carbocycles. The number of hydrogen-bond donors (Lipinski definition) is 1. The van der Waals surface area contributed by atoms with Crippen molar-refractivity contribution >= 4 is 0 Å². The lowest BCUT2D eigenvalue weighted by atomic mass is 10.1. The molecule has 0 radical (unpaired) electrons. The van der Waals surface area contributed by atoms with Gasteiger partial charge >= 0.3 is 0 Å². The summed E-state index contributed by atoms with van der Waals surface area (Å²) in [5.41, 5.74) is 8.43. The zero-order chi connectivity index (χ0) is 15.1. The smallest absolute Gasteiger partial charge is 0.124 e. The van der Waals surface area contributed by atoms with E-state index in [0.29, 0.717) is 6.61 Å². The molecule has 1 aromatic heterocycles. The molecule has 0 bridgehead atoms. The first-order chi connectivity index (χ1) is 10.2. The highest BCUT2D eigenvalue weighted by atomic mass is 16.5. The largest absolute Gasteiger partial charge is 0.494 e. The fourth-order valence-electron chi connectivity index (χ4n) is 2.34. The molecule has 0 aliphatic rings. The molecule has 0 saturated heterocycles. The first-order valence-electron chi connectivity index (χ1n) is 7.26. The fraction of sp³-hybridized carbons (Fsp3) is 0.353. The number of pyridine rings is 1. The minimum Gasteiger partial charge on any atom is -0.494 e. The number of benzene rings is 1. The Morgan fingerprint density at radius 1 is 1.19 bits per heavy atom.